The molecule has 1 atom stereocenters. The van der Waals surface area contributed by atoms with Gasteiger partial charge in [0.1, 0.15) is 5.75 Å². The normalized spacial score (nSPS) is 12.2. The number of aliphatic hydroxyl groups excluding tert-OH is 1. The van der Waals surface area contributed by atoms with Crippen LogP contribution in [0.4, 0.5) is 0 Å². The maximum Gasteiger partial charge on any atom is 0.125 e. The second-order valence-electron chi connectivity index (χ2n) is 4.32. The van der Waals surface area contributed by atoms with E-state index in [0.717, 1.165) is 21.3 Å². The van der Waals surface area contributed by atoms with Crippen molar-refractivity contribution < 1.29 is 9.84 Å². The van der Waals surface area contributed by atoms with Crippen LogP contribution in [-0.4, -0.2) is 11.7 Å². The number of benzene rings is 2. The molecule has 0 radical (unpaired) electrons. The molecule has 0 saturated heterocycles. The molecule has 2 aromatic carbocycles. The maximum absolute atomic E-state index is 10.4. The molecule has 19 heavy (non-hydrogen) atoms. The molecule has 0 spiro atoms. The fourth-order valence-electron chi connectivity index (χ4n) is 2.00. The number of hydrogen-bond acceptors (Lipinski definition) is 2. The van der Waals surface area contributed by atoms with Crippen LogP contribution in [0.2, 0.25) is 0 Å². The first-order valence-electron chi connectivity index (χ1n) is 6.35. The predicted octanol–water partition coefficient (Wildman–Crippen LogP) is 4.12. The Morgan fingerprint density at radius 3 is 2.47 bits per heavy atom. The average Bonchev–Trinajstić information content (AvgIpc) is 2.42. The van der Waals surface area contributed by atoms with E-state index in [4.69, 9.17) is 4.74 Å². The van der Waals surface area contributed by atoms with Crippen molar-refractivity contribution in [2.45, 2.75) is 19.4 Å². The van der Waals surface area contributed by atoms with Gasteiger partial charge in [0.25, 0.3) is 0 Å². The van der Waals surface area contributed by atoms with Gasteiger partial charge in [0, 0.05) is 16.5 Å². The number of aliphatic hydroxyl groups is 1. The Labute approximate surface area is 122 Å². The molecule has 0 bridgehead atoms. The van der Waals surface area contributed by atoms with Crippen LogP contribution in [0.25, 0.3) is 0 Å². The third-order valence-electron chi connectivity index (χ3n) is 2.92. The molecule has 3 heteroatoms. The zero-order valence-electron chi connectivity index (χ0n) is 10.8. The van der Waals surface area contributed by atoms with Gasteiger partial charge in [-0.25, -0.2) is 0 Å². The number of halogens is 1. The molecular formula is C16H17BrO2. The van der Waals surface area contributed by atoms with Crippen LogP contribution in [-0.2, 0) is 6.42 Å². The summed E-state index contributed by atoms with van der Waals surface area (Å²) in [5.74, 6) is 0.759. The van der Waals surface area contributed by atoms with Crippen LogP contribution in [0.1, 0.15) is 24.2 Å². The van der Waals surface area contributed by atoms with Crippen LogP contribution < -0.4 is 4.74 Å². The Balaban J connectivity index is 2.15. The first-order valence-corrected chi connectivity index (χ1v) is 7.14. The van der Waals surface area contributed by atoms with Gasteiger partial charge in [-0.3, -0.25) is 0 Å². The first-order chi connectivity index (χ1) is 9.20. The van der Waals surface area contributed by atoms with Gasteiger partial charge in [-0.1, -0.05) is 46.3 Å². The van der Waals surface area contributed by atoms with Crippen LogP contribution in [0.15, 0.2) is 53.0 Å². The van der Waals surface area contributed by atoms with E-state index in [-0.39, 0.29) is 0 Å². The monoisotopic (exact) mass is 320 g/mol. The fraction of sp³-hybridized carbons (Fsp3) is 0.250. The van der Waals surface area contributed by atoms with Crippen LogP contribution >= 0.6 is 15.9 Å². The summed E-state index contributed by atoms with van der Waals surface area (Å²) >= 11 is 3.41. The summed E-state index contributed by atoms with van der Waals surface area (Å²) in [7, 11) is 0. The van der Waals surface area contributed by atoms with E-state index in [9.17, 15) is 5.11 Å². The summed E-state index contributed by atoms with van der Waals surface area (Å²) in [6.07, 6.45) is 0.0288. The highest BCUT2D eigenvalue weighted by Crippen LogP contribution is 2.27. The quantitative estimate of drug-likeness (QED) is 0.897. The first kappa shape index (κ1) is 14.1. The molecule has 2 aromatic rings. The van der Waals surface area contributed by atoms with Gasteiger partial charge < -0.3 is 9.84 Å². The minimum Gasteiger partial charge on any atom is -0.493 e. The molecule has 0 aromatic heterocycles. The topological polar surface area (TPSA) is 29.5 Å². The summed E-state index contributed by atoms with van der Waals surface area (Å²) in [6, 6.07) is 15.6. The van der Waals surface area contributed by atoms with Gasteiger partial charge in [-0.2, -0.15) is 0 Å². The Kier molecular flexibility index (Phi) is 5.00. The molecule has 100 valence electrons. The lowest BCUT2D eigenvalue weighted by Crippen LogP contribution is -2.05. The van der Waals surface area contributed by atoms with Crippen LogP contribution in [0.5, 0.6) is 5.75 Å². The number of ether oxygens (including phenoxy) is 1. The Bertz CT molecular complexity index is 523. The fourth-order valence-corrected chi connectivity index (χ4v) is 2.26. The Hall–Kier alpha value is -1.32. The van der Waals surface area contributed by atoms with Crippen molar-refractivity contribution in [3.63, 3.8) is 0 Å². The van der Waals surface area contributed by atoms with Gasteiger partial charge in [0.2, 0.25) is 0 Å². The average molecular weight is 321 g/mol. The van der Waals surface area contributed by atoms with Crippen LogP contribution in [0, 0.1) is 0 Å². The maximum atomic E-state index is 10.4. The molecule has 0 heterocycles. The molecule has 0 saturated carbocycles. The van der Waals surface area contributed by atoms with Gasteiger partial charge >= 0.3 is 0 Å². The minimum absolute atomic E-state index is 0.552. The number of rotatable bonds is 5. The van der Waals surface area contributed by atoms with Crippen molar-refractivity contribution in [2.24, 2.45) is 0 Å². The third kappa shape index (κ3) is 3.82. The molecule has 2 nitrogen and oxygen atoms in total. The van der Waals surface area contributed by atoms with Crippen molar-refractivity contribution in [2.75, 3.05) is 6.61 Å². The number of hydrogen-bond donors (Lipinski definition) is 1. The smallest absolute Gasteiger partial charge is 0.125 e. The molecule has 1 N–H and O–H groups in total. The lowest BCUT2D eigenvalue weighted by atomic mass is 10.0. The van der Waals surface area contributed by atoms with E-state index in [1.54, 1.807) is 0 Å². The SMILES string of the molecule is CCOc1ccccc1C(O)Cc1ccc(Br)cc1. The molecule has 2 rings (SSSR count). The molecule has 0 aliphatic carbocycles. The summed E-state index contributed by atoms with van der Waals surface area (Å²) < 4.78 is 6.59. The molecule has 0 aliphatic heterocycles. The minimum atomic E-state index is -0.552. The van der Waals surface area contributed by atoms with E-state index in [1.165, 1.54) is 0 Å². The zero-order chi connectivity index (χ0) is 13.7. The highest BCUT2D eigenvalue weighted by Gasteiger charge is 2.13. The predicted molar refractivity (Wildman–Crippen MR) is 80.4 cm³/mol. The third-order valence-corrected chi connectivity index (χ3v) is 3.45. The highest BCUT2D eigenvalue weighted by atomic mass is 79.9. The molecule has 0 amide bonds. The van der Waals surface area contributed by atoms with Crippen molar-refractivity contribution in [1.29, 1.82) is 0 Å². The van der Waals surface area contributed by atoms with Gasteiger partial charge in [0.05, 0.1) is 12.7 Å². The largest absolute Gasteiger partial charge is 0.493 e. The van der Waals surface area contributed by atoms with E-state index >= 15 is 0 Å². The number of para-hydroxylation sites is 1. The molecular weight excluding hydrogens is 304 g/mol. The molecule has 1 unspecified atom stereocenters. The molecule has 0 fully saturated rings. The van der Waals surface area contributed by atoms with E-state index in [1.807, 2.05) is 55.5 Å². The van der Waals surface area contributed by atoms with Crippen molar-refractivity contribution in [3.05, 3.63) is 64.1 Å². The summed E-state index contributed by atoms with van der Waals surface area (Å²) in [5, 5.41) is 10.4. The van der Waals surface area contributed by atoms with Crippen molar-refractivity contribution in [3.8, 4) is 5.75 Å². The van der Waals surface area contributed by atoms with Gasteiger partial charge in [0.15, 0.2) is 0 Å². The zero-order valence-corrected chi connectivity index (χ0v) is 12.4. The van der Waals surface area contributed by atoms with E-state index in [0.29, 0.717) is 13.0 Å². The van der Waals surface area contributed by atoms with Gasteiger partial charge in [-0.15, -0.1) is 0 Å². The second kappa shape index (κ2) is 6.73. The van der Waals surface area contributed by atoms with Crippen molar-refractivity contribution >= 4 is 15.9 Å². The van der Waals surface area contributed by atoms with E-state index in [2.05, 4.69) is 15.9 Å². The summed E-state index contributed by atoms with van der Waals surface area (Å²) in [6.45, 7) is 2.54. The van der Waals surface area contributed by atoms with Gasteiger partial charge in [-0.05, 0) is 30.7 Å². The summed E-state index contributed by atoms with van der Waals surface area (Å²) in [5.41, 5.74) is 1.94. The summed E-state index contributed by atoms with van der Waals surface area (Å²) in [4.78, 5) is 0. The molecule has 0 aliphatic rings. The van der Waals surface area contributed by atoms with Crippen molar-refractivity contribution in [1.82, 2.24) is 0 Å². The second-order valence-corrected chi connectivity index (χ2v) is 5.23. The highest BCUT2D eigenvalue weighted by molar-refractivity contribution is 9.10. The lowest BCUT2D eigenvalue weighted by Gasteiger charge is -2.15. The van der Waals surface area contributed by atoms with E-state index < -0.39 is 6.10 Å². The lowest BCUT2D eigenvalue weighted by molar-refractivity contribution is 0.172. The standard InChI is InChI=1S/C16H17BrO2/c1-2-19-16-6-4-3-5-14(16)15(18)11-12-7-9-13(17)10-8-12/h3-10,15,18H,2,11H2,1H3. The Morgan fingerprint density at radius 1 is 1.11 bits per heavy atom. The Morgan fingerprint density at radius 2 is 1.79 bits per heavy atom. The van der Waals surface area contributed by atoms with Crippen LogP contribution in [0.3, 0.4) is 0 Å².